The van der Waals surface area contributed by atoms with Gasteiger partial charge in [0.25, 0.3) is 0 Å². The van der Waals surface area contributed by atoms with E-state index in [4.69, 9.17) is 12.2 Å². The van der Waals surface area contributed by atoms with Crippen LogP contribution in [0, 0.1) is 11.7 Å². The van der Waals surface area contributed by atoms with Crippen LogP contribution < -0.4 is 0 Å². The highest BCUT2D eigenvalue weighted by Gasteiger charge is 2.06. The van der Waals surface area contributed by atoms with Crippen LogP contribution in [-0.2, 0) is 6.54 Å². The summed E-state index contributed by atoms with van der Waals surface area (Å²) in [6, 6.07) is 4.18. The molecule has 0 unspecified atom stereocenters. The minimum Gasteiger partial charge on any atom is -0.329 e. The maximum absolute atomic E-state index is 5.34. The van der Waals surface area contributed by atoms with Crippen LogP contribution in [0.2, 0.25) is 0 Å². The number of aromatic amines is 1. The second-order valence-corrected chi connectivity index (χ2v) is 5.20. The Labute approximate surface area is 108 Å². The molecule has 0 radical (unpaired) electrons. The van der Waals surface area contributed by atoms with Gasteiger partial charge in [0.2, 0.25) is 0 Å². The molecule has 0 aliphatic carbocycles. The minimum absolute atomic E-state index is 0.726. The van der Waals surface area contributed by atoms with E-state index in [1.807, 2.05) is 17.7 Å². The number of pyridine rings is 1. The fourth-order valence-electron chi connectivity index (χ4n) is 1.86. The normalized spacial score (nSPS) is 11.1. The number of imidazole rings is 1. The first-order chi connectivity index (χ1) is 8.24. The maximum atomic E-state index is 5.34. The average molecular weight is 261 g/mol. The Morgan fingerprint density at radius 1 is 1.53 bits per heavy atom. The van der Waals surface area contributed by atoms with E-state index in [-0.39, 0.29) is 0 Å². The quantitative estimate of drug-likeness (QED) is 0.716. The molecule has 3 heterocycles. The topological polar surface area (TPSA) is 33.6 Å². The van der Waals surface area contributed by atoms with Gasteiger partial charge in [-0.05, 0) is 53.2 Å². The first-order valence-electron chi connectivity index (χ1n) is 5.30. The van der Waals surface area contributed by atoms with Crippen molar-refractivity contribution in [3.63, 3.8) is 0 Å². The van der Waals surface area contributed by atoms with Gasteiger partial charge in [-0.2, -0.15) is 11.3 Å². The van der Waals surface area contributed by atoms with Gasteiger partial charge in [-0.25, -0.2) is 4.98 Å². The van der Waals surface area contributed by atoms with Crippen LogP contribution >= 0.6 is 23.6 Å². The molecular weight excluding hydrogens is 250 g/mol. The van der Waals surface area contributed by atoms with Gasteiger partial charge < -0.3 is 4.98 Å². The number of hydrogen-bond acceptors (Lipinski definition) is 3. The average Bonchev–Trinajstić information content (AvgIpc) is 2.88. The molecule has 3 rings (SSSR count). The molecule has 17 heavy (non-hydrogen) atoms. The Bertz CT molecular complexity index is 707. The summed E-state index contributed by atoms with van der Waals surface area (Å²) < 4.78 is 2.76. The number of hydrogen-bond donors (Lipinski definition) is 1. The number of H-pyrrole nitrogens is 1. The molecule has 0 aliphatic rings. The lowest BCUT2D eigenvalue weighted by Crippen LogP contribution is -1.99. The van der Waals surface area contributed by atoms with Crippen LogP contribution in [0.25, 0.3) is 11.2 Å². The highest BCUT2D eigenvalue weighted by Crippen LogP contribution is 2.16. The molecule has 0 fully saturated rings. The van der Waals surface area contributed by atoms with Crippen molar-refractivity contribution in [2.75, 3.05) is 0 Å². The monoisotopic (exact) mass is 261 g/mol. The van der Waals surface area contributed by atoms with Crippen LogP contribution in [0.3, 0.4) is 0 Å². The lowest BCUT2D eigenvalue weighted by atomic mass is 10.3. The van der Waals surface area contributed by atoms with Crippen LogP contribution in [0.1, 0.15) is 11.1 Å². The molecule has 0 spiro atoms. The number of aryl methyl sites for hydroxylation is 1. The Kier molecular flexibility index (Phi) is 2.57. The Morgan fingerprint density at radius 2 is 2.41 bits per heavy atom. The molecule has 0 bridgehead atoms. The molecule has 0 atom stereocenters. The highest BCUT2D eigenvalue weighted by molar-refractivity contribution is 7.71. The van der Waals surface area contributed by atoms with Crippen molar-refractivity contribution in [2.24, 2.45) is 0 Å². The van der Waals surface area contributed by atoms with Gasteiger partial charge in [0, 0.05) is 6.20 Å². The summed E-state index contributed by atoms with van der Waals surface area (Å²) in [5.41, 5.74) is 4.32. The van der Waals surface area contributed by atoms with Gasteiger partial charge in [-0.15, -0.1) is 0 Å². The fourth-order valence-corrected chi connectivity index (χ4v) is 2.78. The second kappa shape index (κ2) is 4.09. The number of fused-ring (bicyclic) bond motifs is 1. The Hall–Kier alpha value is -1.46. The number of rotatable bonds is 2. The van der Waals surface area contributed by atoms with Crippen molar-refractivity contribution in [3.8, 4) is 0 Å². The summed E-state index contributed by atoms with van der Waals surface area (Å²) in [5.74, 6) is 0. The van der Waals surface area contributed by atoms with E-state index in [0.29, 0.717) is 0 Å². The van der Waals surface area contributed by atoms with Crippen LogP contribution in [-0.4, -0.2) is 14.5 Å². The van der Waals surface area contributed by atoms with Gasteiger partial charge in [-0.3, -0.25) is 4.57 Å². The van der Waals surface area contributed by atoms with E-state index < -0.39 is 0 Å². The van der Waals surface area contributed by atoms with Gasteiger partial charge in [0.1, 0.15) is 0 Å². The summed E-state index contributed by atoms with van der Waals surface area (Å²) in [4.78, 5) is 7.65. The molecular formula is C12H11N3S2. The third-order valence-corrected chi connectivity index (χ3v) is 3.72. The van der Waals surface area contributed by atoms with Crippen LogP contribution in [0.15, 0.2) is 29.1 Å². The van der Waals surface area contributed by atoms with E-state index in [0.717, 1.165) is 28.0 Å². The number of thiophene rings is 1. The van der Waals surface area contributed by atoms with Gasteiger partial charge in [0.15, 0.2) is 10.4 Å². The summed E-state index contributed by atoms with van der Waals surface area (Å²) in [7, 11) is 0. The first-order valence-corrected chi connectivity index (χ1v) is 6.65. The molecule has 3 aromatic heterocycles. The van der Waals surface area contributed by atoms with Gasteiger partial charge >= 0.3 is 0 Å². The summed E-state index contributed by atoms with van der Waals surface area (Å²) in [5, 5.41) is 4.21. The maximum Gasteiger partial charge on any atom is 0.179 e. The Balaban J connectivity index is 2.16. The number of aromatic nitrogens is 3. The summed E-state index contributed by atoms with van der Waals surface area (Å²) >= 11 is 7.04. The largest absolute Gasteiger partial charge is 0.329 e. The fraction of sp³-hybridized carbons (Fsp3) is 0.167. The third kappa shape index (κ3) is 1.92. The predicted octanol–water partition coefficient (Wildman–Crippen LogP) is 3.51. The summed E-state index contributed by atoms with van der Waals surface area (Å²) in [6.07, 6.45) is 1.87. The van der Waals surface area contributed by atoms with Crippen molar-refractivity contribution < 1.29 is 0 Å². The SMILES string of the molecule is Cc1cnc2c(c1)[nH]c(=S)n2Cc1ccsc1. The van der Waals surface area contributed by atoms with E-state index in [9.17, 15) is 0 Å². The predicted molar refractivity (Wildman–Crippen MR) is 73.1 cm³/mol. The van der Waals surface area contributed by atoms with Gasteiger partial charge in [0.05, 0.1) is 12.1 Å². The molecule has 0 aliphatic heterocycles. The molecule has 0 aromatic carbocycles. The molecule has 0 saturated heterocycles. The molecule has 86 valence electrons. The van der Waals surface area contributed by atoms with Crippen molar-refractivity contribution >= 4 is 34.7 Å². The van der Waals surface area contributed by atoms with Crippen LogP contribution in [0.4, 0.5) is 0 Å². The Morgan fingerprint density at radius 3 is 3.18 bits per heavy atom. The molecule has 1 N–H and O–H groups in total. The van der Waals surface area contributed by atoms with E-state index >= 15 is 0 Å². The van der Waals surface area contributed by atoms with Crippen molar-refractivity contribution in [2.45, 2.75) is 13.5 Å². The molecule has 3 nitrogen and oxygen atoms in total. The van der Waals surface area contributed by atoms with E-state index in [2.05, 4.69) is 32.9 Å². The molecule has 0 amide bonds. The molecule has 3 aromatic rings. The highest BCUT2D eigenvalue weighted by atomic mass is 32.1. The first kappa shape index (κ1) is 10.7. The van der Waals surface area contributed by atoms with Crippen molar-refractivity contribution in [1.29, 1.82) is 0 Å². The standard InChI is InChI=1S/C12H11N3S2/c1-8-4-10-11(13-5-8)15(12(16)14-10)6-9-2-3-17-7-9/h2-5,7H,6H2,1H3,(H,14,16). The lowest BCUT2D eigenvalue weighted by Gasteiger charge is -2.01. The number of nitrogens with one attached hydrogen (secondary N) is 1. The van der Waals surface area contributed by atoms with E-state index in [1.165, 1.54) is 5.56 Å². The smallest absolute Gasteiger partial charge is 0.179 e. The van der Waals surface area contributed by atoms with Crippen molar-refractivity contribution in [1.82, 2.24) is 14.5 Å². The van der Waals surface area contributed by atoms with Crippen LogP contribution in [0.5, 0.6) is 0 Å². The van der Waals surface area contributed by atoms with Crippen molar-refractivity contribution in [3.05, 3.63) is 45.0 Å². The zero-order valence-electron chi connectivity index (χ0n) is 9.30. The molecule has 5 heteroatoms. The second-order valence-electron chi connectivity index (χ2n) is 4.03. The number of nitrogens with zero attached hydrogens (tertiary/aromatic N) is 2. The third-order valence-electron chi connectivity index (χ3n) is 2.67. The van der Waals surface area contributed by atoms with E-state index in [1.54, 1.807) is 11.3 Å². The zero-order chi connectivity index (χ0) is 11.8. The lowest BCUT2D eigenvalue weighted by molar-refractivity contribution is 0.803. The zero-order valence-corrected chi connectivity index (χ0v) is 10.9. The minimum atomic E-state index is 0.726. The van der Waals surface area contributed by atoms with Gasteiger partial charge in [-0.1, -0.05) is 0 Å². The molecule has 0 saturated carbocycles. The summed E-state index contributed by atoms with van der Waals surface area (Å²) in [6.45, 7) is 2.80.